The Bertz CT molecular complexity index is 1260. The minimum absolute atomic E-state index is 0.0949. The topological polar surface area (TPSA) is 90.7 Å². The second kappa shape index (κ2) is 19.5. The van der Waals surface area contributed by atoms with Gasteiger partial charge < -0.3 is 35.7 Å². The van der Waals surface area contributed by atoms with Gasteiger partial charge in [-0.15, -0.1) is 11.8 Å². The molecule has 1 fully saturated rings. The Balaban J connectivity index is 0.00000301. The Morgan fingerprint density at radius 1 is 1.26 bits per heavy atom. The molecule has 0 radical (unpaired) electrons. The maximum Gasteiger partial charge on any atom is 0.143 e. The Kier molecular flexibility index (Phi) is 16.5. The number of piperidine rings is 1. The van der Waals surface area contributed by atoms with Gasteiger partial charge in [0.2, 0.25) is 0 Å². The van der Waals surface area contributed by atoms with Gasteiger partial charge >= 0.3 is 0 Å². The van der Waals surface area contributed by atoms with Gasteiger partial charge in [0.25, 0.3) is 0 Å². The Labute approximate surface area is 256 Å². The van der Waals surface area contributed by atoms with Crippen molar-refractivity contribution in [1.29, 1.82) is 0 Å². The van der Waals surface area contributed by atoms with Gasteiger partial charge in [0.1, 0.15) is 11.9 Å². The summed E-state index contributed by atoms with van der Waals surface area (Å²) in [4.78, 5) is 3.40. The van der Waals surface area contributed by atoms with E-state index in [0.717, 1.165) is 77.9 Å². The number of methoxy groups -OCH3 is 2. The fraction of sp³-hybridized carbons (Fsp3) is 0.576. The van der Waals surface area contributed by atoms with Crippen LogP contribution in [0.1, 0.15) is 45.2 Å². The maximum absolute atomic E-state index is 15.0. The number of hydrogen-bond acceptors (Lipinski definition) is 7. The smallest absolute Gasteiger partial charge is 0.143 e. The van der Waals surface area contributed by atoms with E-state index in [0.29, 0.717) is 25.6 Å². The summed E-state index contributed by atoms with van der Waals surface area (Å²) < 4.78 is 28.0. The van der Waals surface area contributed by atoms with Crippen molar-refractivity contribution < 1.29 is 13.9 Å². The van der Waals surface area contributed by atoms with Crippen LogP contribution in [0.15, 0.2) is 29.2 Å². The molecule has 1 aromatic carbocycles. The van der Waals surface area contributed by atoms with Crippen molar-refractivity contribution in [3.8, 4) is 17.6 Å². The predicted molar refractivity (Wildman–Crippen MR) is 177 cm³/mol. The van der Waals surface area contributed by atoms with Crippen LogP contribution in [-0.2, 0) is 11.3 Å². The highest BCUT2D eigenvalue weighted by atomic mass is 32.2. The van der Waals surface area contributed by atoms with Gasteiger partial charge in [-0.1, -0.05) is 25.8 Å². The summed E-state index contributed by atoms with van der Waals surface area (Å²) in [5.41, 5.74) is 12.4. The highest BCUT2D eigenvalue weighted by molar-refractivity contribution is 7.98. The summed E-state index contributed by atoms with van der Waals surface area (Å²) in [6.07, 6.45) is 8.67. The summed E-state index contributed by atoms with van der Waals surface area (Å²) in [6.45, 7) is 8.75. The van der Waals surface area contributed by atoms with Gasteiger partial charge in [-0.2, -0.15) is 0 Å². The molecule has 3 atom stereocenters. The zero-order valence-corrected chi connectivity index (χ0v) is 27.2. The minimum Gasteiger partial charge on any atom is -0.495 e. The number of rotatable bonds is 13. The number of benzene rings is 1. The van der Waals surface area contributed by atoms with E-state index in [-0.39, 0.29) is 5.92 Å². The first kappa shape index (κ1) is 35.6. The van der Waals surface area contributed by atoms with Gasteiger partial charge in [0.05, 0.1) is 25.0 Å². The number of halogens is 1. The Morgan fingerprint density at radius 3 is 2.69 bits per heavy atom. The SMILES string of the molecule is CCCn1c(C#CCNc2ccc(SC)cc2OC)cc(=C\N)/c1=C\CCC1CCN(CC(C)COC)CC1F.CN. The van der Waals surface area contributed by atoms with Crippen LogP contribution in [0.3, 0.4) is 0 Å². The summed E-state index contributed by atoms with van der Waals surface area (Å²) in [5, 5.41) is 5.42. The molecule has 2 aromatic rings. The Hall–Kier alpha value is -2.64. The van der Waals surface area contributed by atoms with Gasteiger partial charge in [-0.3, -0.25) is 0 Å². The molecule has 0 amide bonds. The molecule has 0 spiro atoms. The molecule has 0 saturated carbocycles. The van der Waals surface area contributed by atoms with Gasteiger partial charge in [0.15, 0.2) is 0 Å². The molecule has 9 heteroatoms. The summed E-state index contributed by atoms with van der Waals surface area (Å²) >= 11 is 1.68. The Morgan fingerprint density at radius 2 is 2.05 bits per heavy atom. The van der Waals surface area contributed by atoms with Crippen molar-refractivity contribution in [3.05, 3.63) is 40.5 Å². The third kappa shape index (κ3) is 10.6. The predicted octanol–water partition coefficient (Wildman–Crippen LogP) is 3.87. The van der Waals surface area contributed by atoms with Crippen LogP contribution in [0.4, 0.5) is 10.1 Å². The van der Waals surface area contributed by atoms with Crippen LogP contribution in [0.5, 0.6) is 5.75 Å². The van der Waals surface area contributed by atoms with E-state index in [1.165, 1.54) is 7.05 Å². The first-order chi connectivity index (χ1) is 20.4. The number of hydrogen-bond donors (Lipinski definition) is 3. The molecule has 1 saturated heterocycles. The molecule has 0 bridgehead atoms. The van der Waals surface area contributed by atoms with Crippen molar-refractivity contribution in [2.75, 3.05) is 65.6 Å². The molecule has 3 rings (SSSR count). The number of likely N-dealkylation sites (tertiary alicyclic amines) is 1. The monoisotopic (exact) mass is 601 g/mol. The lowest BCUT2D eigenvalue weighted by Crippen LogP contribution is -2.44. The third-order valence-corrected chi connectivity index (χ3v) is 8.17. The molecular weight excluding hydrogens is 549 g/mol. The summed E-state index contributed by atoms with van der Waals surface area (Å²) in [5.74, 6) is 7.91. The third-order valence-electron chi connectivity index (χ3n) is 7.45. The van der Waals surface area contributed by atoms with Gasteiger partial charge in [-0.05, 0) is 87.6 Å². The fourth-order valence-corrected chi connectivity index (χ4v) is 5.88. The number of nitrogens with one attached hydrogen (secondary N) is 1. The van der Waals surface area contributed by atoms with E-state index in [1.807, 2.05) is 18.4 Å². The number of ether oxygens (including phenoxy) is 2. The van der Waals surface area contributed by atoms with Crippen molar-refractivity contribution in [2.24, 2.45) is 23.3 Å². The van der Waals surface area contributed by atoms with E-state index in [2.05, 4.69) is 64.4 Å². The average Bonchev–Trinajstić information content (AvgIpc) is 3.33. The summed E-state index contributed by atoms with van der Waals surface area (Å²) in [7, 11) is 4.90. The first-order valence-corrected chi connectivity index (χ1v) is 16.2. The van der Waals surface area contributed by atoms with E-state index in [9.17, 15) is 0 Å². The minimum atomic E-state index is -0.788. The number of thioether (sulfide) groups is 1. The summed E-state index contributed by atoms with van der Waals surface area (Å²) in [6, 6.07) is 8.17. The number of nitrogens with two attached hydrogens (primary N) is 2. The number of nitrogens with zero attached hydrogens (tertiary/aromatic N) is 2. The van der Waals surface area contributed by atoms with Crippen molar-refractivity contribution in [1.82, 2.24) is 9.47 Å². The second-order valence-electron chi connectivity index (χ2n) is 10.6. The molecule has 0 aliphatic carbocycles. The molecule has 1 aliphatic rings. The zero-order valence-electron chi connectivity index (χ0n) is 26.4. The highest BCUT2D eigenvalue weighted by Gasteiger charge is 2.29. The molecule has 7 nitrogen and oxygen atoms in total. The van der Waals surface area contributed by atoms with Crippen LogP contribution < -0.4 is 32.1 Å². The molecule has 5 N–H and O–H groups in total. The molecule has 1 aromatic heterocycles. The van der Waals surface area contributed by atoms with Crippen LogP contribution >= 0.6 is 11.8 Å². The second-order valence-corrected chi connectivity index (χ2v) is 11.5. The molecule has 2 heterocycles. The number of alkyl halides is 1. The number of anilines is 1. The molecule has 42 heavy (non-hydrogen) atoms. The molecule has 3 unspecified atom stereocenters. The van der Waals surface area contributed by atoms with Crippen LogP contribution in [0.25, 0.3) is 12.3 Å². The fourth-order valence-electron chi connectivity index (χ4n) is 5.45. The maximum atomic E-state index is 15.0. The first-order valence-electron chi connectivity index (χ1n) is 14.9. The van der Waals surface area contributed by atoms with Crippen LogP contribution in [-0.4, -0.2) is 75.9 Å². The van der Waals surface area contributed by atoms with Crippen molar-refractivity contribution >= 4 is 29.7 Å². The van der Waals surface area contributed by atoms with Crippen LogP contribution in [0.2, 0.25) is 0 Å². The standard InChI is InChI=1S/C32H47FN4O2S.CH5N/c1-6-16-37-27(10-8-15-35-30-13-12-28(40-5)19-32(30)39-4)18-26(20-34)31(37)11-7-9-25-14-17-36(22-29(25)33)21-24(2)23-38-3;1-2/h11-13,18-20,24-25,29,35H,6-7,9,14-17,21-23,34H2,1-5H3;2H2,1H3/b26-20+,31-11+;. The highest BCUT2D eigenvalue weighted by Crippen LogP contribution is 2.29. The zero-order chi connectivity index (χ0) is 30.9. The van der Waals surface area contributed by atoms with Crippen molar-refractivity contribution in [3.63, 3.8) is 0 Å². The lowest BCUT2D eigenvalue weighted by molar-refractivity contribution is 0.0584. The molecule has 234 valence electrons. The average molecular weight is 602 g/mol. The van der Waals surface area contributed by atoms with Crippen molar-refractivity contribution in [2.45, 2.75) is 57.1 Å². The molecular formula is C33H52FN5O2S. The van der Waals surface area contributed by atoms with Gasteiger partial charge in [0, 0.05) is 55.0 Å². The van der Waals surface area contributed by atoms with E-state index in [1.54, 1.807) is 32.2 Å². The van der Waals surface area contributed by atoms with E-state index in [4.69, 9.17) is 15.2 Å². The molecule has 1 aliphatic heterocycles. The van der Waals surface area contributed by atoms with Crippen LogP contribution in [0, 0.1) is 23.7 Å². The lowest BCUT2D eigenvalue weighted by atomic mass is 9.90. The van der Waals surface area contributed by atoms with Gasteiger partial charge in [-0.25, -0.2) is 4.39 Å². The quantitative estimate of drug-likeness (QED) is 0.237. The van der Waals surface area contributed by atoms with E-state index >= 15 is 4.39 Å². The van der Waals surface area contributed by atoms with E-state index < -0.39 is 6.17 Å². The number of aromatic nitrogens is 1. The lowest BCUT2D eigenvalue weighted by Gasteiger charge is -2.35. The normalized spacial score (nSPS) is 18.6. The largest absolute Gasteiger partial charge is 0.495 e.